The number of hydrogen-bond acceptors (Lipinski definition) is 2. The van der Waals surface area contributed by atoms with Crippen molar-refractivity contribution in [2.45, 2.75) is 0 Å². The molecule has 1 aromatic heterocycles. The largest absolute Gasteiger partial charge is 0.298 e. The van der Waals surface area contributed by atoms with Crippen molar-refractivity contribution >= 4 is 6.29 Å². The molecule has 0 radical (unpaired) electrons. The van der Waals surface area contributed by atoms with Crippen LogP contribution in [0.3, 0.4) is 0 Å². The molecule has 0 aliphatic heterocycles. The van der Waals surface area contributed by atoms with Crippen molar-refractivity contribution < 1.29 is 13.6 Å². The van der Waals surface area contributed by atoms with Crippen molar-refractivity contribution in [2.75, 3.05) is 0 Å². The van der Waals surface area contributed by atoms with Gasteiger partial charge in [0.1, 0.15) is 17.3 Å². The molecule has 3 rings (SSSR count). The monoisotopic (exact) mass is 284 g/mol. The van der Waals surface area contributed by atoms with Crippen LogP contribution in [0.2, 0.25) is 0 Å². The molecule has 0 atom stereocenters. The Bertz CT molecular complexity index is 797. The van der Waals surface area contributed by atoms with Gasteiger partial charge in [0, 0.05) is 11.8 Å². The molecule has 0 spiro atoms. The molecule has 0 unspecified atom stereocenters. The maximum Gasteiger partial charge on any atom is 0.153 e. The number of para-hydroxylation sites is 1. The van der Waals surface area contributed by atoms with Crippen molar-refractivity contribution in [3.8, 4) is 16.9 Å². The van der Waals surface area contributed by atoms with Gasteiger partial charge in [-0.15, -0.1) is 0 Å². The predicted octanol–water partition coefficient (Wildman–Crippen LogP) is 3.63. The first-order chi connectivity index (χ1) is 10.2. The summed E-state index contributed by atoms with van der Waals surface area (Å²) < 4.78 is 28.6. The second kappa shape index (κ2) is 5.28. The van der Waals surface area contributed by atoms with E-state index in [0.29, 0.717) is 6.29 Å². The number of nitrogens with zero attached hydrogens (tertiary/aromatic N) is 2. The summed E-state index contributed by atoms with van der Waals surface area (Å²) in [7, 11) is 0. The van der Waals surface area contributed by atoms with E-state index in [1.54, 1.807) is 12.1 Å². The van der Waals surface area contributed by atoms with E-state index in [4.69, 9.17) is 0 Å². The number of aromatic nitrogens is 2. The summed E-state index contributed by atoms with van der Waals surface area (Å²) in [6.45, 7) is 0. The van der Waals surface area contributed by atoms with Gasteiger partial charge in [-0.1, -0.05) is 18.2 Å². The van der Waals surface area contributed by atoms with E-state index >= 15 is 0 Å². The molecular weight excluding hydrogens is 274 g/mol. The molecule has 0 amide bonds. The van der Waals surface area contributed by atoms with Gasteiger partial charge in [-0.25, -0.2) is 13.5 Å². The summed E-state index contributed by atoms with van der Waals surface area (Å²) in [5, 5.41) is 4.20. The molecular formula is C16H10F2N2O. The molecule has 0 saturated heterocycles. The normalized spacial score (nSPS) is 10.6. The van der Waals surface area contributed by atoms with E-state index in [-0.39, 0.29) is 16.8 Å². The van der Waals surface area contributed by atoms with Crippen molar-refractivity contribution in [1.82, 2.24) is 9.78 Å². The lowest BCUT2D eigenvalue weighted by molar-refractivity contribution is 0.112. The molecule has 0 aliphatic carbocycles. The quantitative estimate of drug-likeness (QED) is 0.688. The number of carbonyl (C=O) groups is 1. The summed E-state index contributed by atoms with van der Waals surface area (Å²) >= 11 is 0. The van der Waals surface area contributed by atoms with Gasteiger partial charge in [-0.05, 0) is 30.3 Å². The van der Waals surface area contributed by atoms with Crippen molar-refractivity contribution in [2.24, 2.45) is 0 Å². The number of rotatable bonds is 3. The van der Waals surface area contributed by atoms with Crippen LogP contribution in [0.4, 0.5) is 8.78 Å². The van der Waals surface area contributed by atoms with Crippen LogP contribution in [0.15, 0.2) is 54.7 Å². The Morgan fingerprint density at radius 2 is 1.81 bits per heavy atom. The smallest absolute Gasteiger partial charge is 0.153 e. The summed E-state index contributed by atoms with van der Waals surface area (Å²) in [4.78, 5) is 11.2. The van der Waals surface area contributed by atoms with Crippen LogP contribution >= 0.6 is 0 Å². The Morgan fingerprint density at radius 3 is 2.52 bits per heavy atom. The van der Waals surface area contributed by atoms with Crippen LogP contribution < -0.4 is 0 Å². The highest BCUT2D eigenvalue weighted by atomic mass is 19.1. The Hall–Kier alpha value is -2.82. The molecule has 0 aliphatic rings. The maximum atomic E-state index is 13.9. The molecule has 0 N–H and O–H groups in total. The van der Waals surface area contributed by atoms with Gasteiger partial charge in [-0.2, -0.15) is 5.10 Å². The van der Waals surface area contributed by atoms with Crippen molar-refractivity contribution in [1.29, 1.82) is 0 Å². The van der Waals surface area contributed by atoms with E-state index in [1.807, 2.05) is 18.2 Å². The Balaban J connectivity index is 2.17. The second-order valence-electron chi connectivity index (χ2n) is 4.46. The highest BCUT2D eigenvalue weighted by Gasteiger charge is 2.16. The van der Waals surface area contributed by atoms with Crippen LogP contribution in [-0.4, -0.2) is 16.1 Å². The van der Waals surface area contributed by atoms with Crippen LogP contribution in [0.5, 0.6) is 0 Å². The lowest BCUT2D eigenvalue weighted by atomic mass is 10.1. The van der Waals surface area contributed by atoms with Gasteiger partial charge in [0.2, 0.25) is 0 Å². The molecule has 104 valence electrons. The molecule has 0 bridgehead atoms. The van der Waals surface area contributed by atoms with Gasteiger partial charge in [0.15, 0.2) is 6.29 Å². The highest BCUT2D eigenvalue weighted by Crippen LogP contribution is 2.26. The van der Waals surface area contributed by atoms with Gasteiger partial charge in [0.25, 0.3) is 0 Å². The maximum absolute atomic E-state index is 13.9. The van der Waals surface area contributed by atoms with Crippen LogP contribution in [0.1, 0.15) is 10.4 Å². The average molecular weight is 284 g/mol. The first-order valence-electron chi connectivity index (χ1n) is 6.25. The van der Waals surface area contributed by atoms with E-state index < -0.39 is 11.6 Å². The Morgan fingerprint density at radius 1 is 1.05 bits per heavy atom. The molecule has 21 heavy (non-hydrogen) atoms. The van der Waals surface area contributed by atoms with Crippen LogP contribution in [0.25, 0.3) is 16.9 Å². The van der Waals surface area contributed by atoms with Gasteiger partial charge in [0.05, 0.1) is 11.3 Å². The van der Waals surface area contributed by atoms with Crippen molar-refractivity contribution in [3.05, 3.63) is 71.9 Å². The summed E-state index contributed by atoms with van der Waals surface area (Å²) in [6, 6.07) is 12.1. The van der Waals surface area contributed by atoms with Gasteiger partial charge < -0.3 is 0 Å². The second-order valence-corrected chi connectivity index (χ2v) is 4.46. The van der Waals surface area contributed by atoms with Gasteiger partial charge >= 0.3 is 0 Å². The lowest BCUT2D eigenvalue weighted by Gasteiger charge is -2.02. The standard InChI is InChI=1S/C16H10F2N2O/c17-12-6-7-15(18)14(8-12)16-11(10-21)9-20(19-16)13-4-2-1-3-5-13/h1-10H. The first kappa shape index (κ1) is 13.2. The highest BCUT2D eigenvalue weighted by molar-refractivity contribution is 5.85. The lowest BCUT2D eigenvalue weighted by Crippen LogP contribution is -1.95. The van der Waals surface area contributed by atoms with Crippen LogP contribution in [-0.2, 0) is 0 Å². The molecule has 3 nitrogen and oxygen atoms in total. The first-order valence-corrected chi connectivity index (χ1v) is 6.25. The van der Waals surface area contributed by atoms with E-state index in [9.17, 15) is 13.6 Å². The zero-order chi connectivity index (χ0) is 14.8. The SMILES string of the molecule is O=Cc1cn(-c2ccccc2)nc1-c1cc(F)ccc1F. The fraction of sp³-hybridized carbons (Fsp3) is 0. The fourth-order valence-corrected chi connectivity index (χ4v) is 2.07. The number of hydrogen-bond donors (Lipinski definition) is 0. The predicted molar refractivity (Wildman–Crippen MR) is 74.3 cm³/mol. The molecule has 0 fully saturated rings. The zero-order valence-electron chi connectivity index (χ0n) is 10.8. The summed E-state index contributed by atoms with van der Waals surface area (Å²) in [5.41, 5.74) is 1.00. The molecule has 3 aromatic rings. The Labute approximate surface area is 119 Å². The van der Waals surface area contributed by atoms with E-state index in [1.165, 1.54) is 10.9 Å². The average Bonchev–Trinajstić information content (AvgIpc) is 2.94. The minimum Gasteiger partial charge on any atom is -0.298 e. The minimum atomic E-state index is -0.627. The van der Waals surface area contributed by atoms with Gasteiger partial charge in [-0.3, -0.25) is 4.79 Å². The minimum absolute atomic E-state index is 0.0354. The van der Waals surface area contributed by atoms with E-state index in [2.05, 4.69) is 5.10 Å². The molecule has 5 heteroatoms. The number of benzene rings is 2. The number of aldehydes is 1. The molecule has 0 saturated carbocycles. The summed E-state index contributed by atoms with van der Waals surface area (Å²) in [6.07, 6.45) is 2.06. The summed E-state index contributed by atoms with van der Waals surface area (Å²) in [5.74, 6) is -1.21. The molecule has 1 heterocycles. The third-order valence-electron chi connectivity index (χ3n) is 3.07. The number of halogens is 2. The fourth-order valence-electron chi connectivity index (χ4n) is 2.07. The van der Waals surface area contributed by atoms with Crippen molar-refractivity contribution in [3.63, 3.8) is 0 Å². The third kappa shape index (κ3) is 2.45. The van der Waals surface area contributed by atoms with E-state index in [0.717, 1.165) is 23.9 Å². The topological polar surface area (TPSA) is 34.9 Å². The zero-order valence-corrected chi connectivity index (χ0v) is 10.8. The van der Waals surface area contributed by atoms with Crippen LogP contribution in [0, 0.1) is 11.6 Å². The molecule has 2 aromatic carbocycles. The number of carbonyl (C=O) groups excluding carboxylic acids is 1. The Kier molecular flexibility index (Phi) is 3.31. The third-order valence-corrected chi connectivity index (χ3v) is 3.07.